The molecule has 1 aromatic carbocycles. The fraction of sp³-hybridized carbons (Fsp3) is 0.793. The predicted octanol–water partition coefficient (Wildman–Crippen LogP) is 10.7. The Labute approximate surface area is 211 Å². The number of aromatic hydroxyl groups is 1. The van der Waals surface area contributed by atoms with Crippen molar-refractivity contribution >= 4 is 25.3 Å². The Hall–Kier alpha value is -0.280. The average Bonchev–Trinajstić information content (AvgIpc) is 2.78. The monoisotopic (exact) mass is 480 g/mol. The molecule has 0 spiro atoms. The molecular weight excluding hydrogens is 428 g/mol. The highest BCUT2D eigenvalue weighted by atomic mass is 32.1. The fourth-order valence-electron chi connectivity index (χ4n) is 4.55. The third kappa shape index (κ3) is 12.8. The summed E-state index contributed by atoms with van der Waals surface area (Å²) in [7, 11) is 0. The maximum atomic E-state index is 10.7. The van der Waals surface area contributed by atoms with Gasteiger partial charge in [-0.3, -0.25) is 0 Å². The van der Waals surface area contributed by atoms with E-state index in [0.29, 0.717) is 5.75 Å². The van der Waals surface area contributed by atoms with E-state index in [2.05, 4.69) is 26.0 Å². The van der Waals surface area contributed by atoms with E-state index in [-0.39, 0.29) is 10.5 Å². The van der Waals surface area contributed by atoms with E-state index in [1.165, 1.54) is 108 Å². The molecule has 0 fully saturated rings. The Kier molecular flexibility index (Phi) is 17.7. The Bertz CT molecular complexity index is 587. The lowest BCUT2D eigenvalue weighted by molar-refractivity contribution is 0.460. The Morgan fingerprint density at radius 1 is 0.625 bits per heavy atom. The third-order valence-electron chi connectivity index (χ3n) is 6.76. The number of hydrogen-bond donors (Lipinski definition) is 3. The summed E-state index contributed by atoms with van der Waals surface area (Å²) >= 11 is 9.79. The number of unbranched alkanes of at least 4 members (excludes halogenated alkanes) is 14. The number of benzene rings is 1. The number of rotatable bonds is 20. The molecule has 3 heteroatoms. The van der Waals surface area contributed by atoms with Crippen LogP contribution in [0.3, 0.4) is 0 Å². The van der Waals surface area contributed by atoms with Crippen LogP contribution in [-0.4, -0.2) is 5.11 Å². The van der Waals surface area contributed by atoms with Crippen LogP contribution in [0.4, 0.5) is 0 Å². The van der Waals surface area contributed by atoms with Crippen LogP contribution in [0.5, 0.6) is 5.75 Å². The molecule has 2 atom stereocenters. The first-order chi connectivity index (χ1) is 15.5. The molecule has 1 rings (SSSR count). The van der Waals surface area contributed by atoms with E-state index < -0.39 is 0 Å². The van der Waals surface area contributed by atoms with Crippen molar-refractivity contribution in [1.29, 1.82) is 0 Å². The second-order valence-electron chi connectivity index (χ2n) is 9.83. The van der Waals surface area contributed by atoms with Crippen LogP contribution in [0.2, 0.25) is 0 Å². The molecule has 0 radical (unpaired) electrons. The fourth-order valence-corrected chi connectivity index (χ4v) is 5.26. The van der Waals surface area contributed by atoms with Gasteiger partial charge in [-0.25, -0.2) is 0 Å². The van der Waals surface area contributed by atoms with E-state index in [4.69, 9.17) is 25.3 Å². The molecule has 1 N–H and O–H groups in total. The summed E-state index contributed by atoms with van der Waals surface area (Å²) in [6, 6.07) is 4.30. The lowest BCUT2D eigenvalue weighted by Crippen LogP contribution is -1.99. The van der Waals surface area contributed by atoms with Gasteiger partial charge in [0.1, 0.15) is 5.75 Å². The number of thiol groups is 2. The second-order valence-corrected chi connectivity index (χ2v) is 11.1. The molecule has 1 aromatic rings. The Balaban J connectivity index is 2.40. The molecule has 0 bridgehead atoms. The van der Waals surface area contributed by atoms with E-state index in [0.717, 1.165) is 24.0 Å². The summed E-state index contributed by atoms with van der Waals surface area (Å²) in [5.74, 6) is 0.431. The van der Waals surface area contributed by atoms with Crippen LogP contribution in [0.25, 0.3) is 0 Å². The zero-order valence-electron chi connectivity index (χ0n) is 21.4. The molecule has 0 saturated heterocycles. The first kappa shape index (κ1) is 29.8. The van der Waals surface area contributed by atoms with E-state index in [1.54, 1.807) is 0 Å². The maximum Gasteiger partial charge on any atom is 0.122 e. The molecule has 0 aliphatic carbocycles. The molecule has 0 saturated carbocycles. The average molecular weight is 481 g/mol. The zero-order chi connectivity index (χ0) is 23.6. The van der Waals surface area contributed by atoms with Crippen molar-refractivity contribution in [2.75, 3.05) is 0 Å². The topological polar surface area (TPSA) is 20.2 Å². The lowest BCUT2D eigenvalue weighted by atomic mass is 9.95. The van der Waals surface area contributed by atoms with Crippen molar-refractivity contribution in [3.63, 3.8) is 0 Å². The summed E-state index contributed by atoms with van der Waals surface area (Å²) in [4.78, 5) is 0. The number of aryl methyl sites for hydroxylation is 1. The molecule has 1 nitrogen and oxygen atoms in total. The lowest BCUT2D eigenvalue weighted by Gasteiger charge is -2.19. The molecule has 0 aliphatic heterocycles. The Morgan fingerprint density at radius 3 is 1.50 bits per heavy atom. The van der Waals surface area contributed by atoms with Gasteiger partial charge in [-0.15, -0.1) is 0 Å². The van der Waals surface area contributed by atoms with E-state index in [1.807, 2.05) is 6.92 Å². The Morgan fingerprint density at radius 2 is 1.03 bits per heavy atom. The van der Waals surface area contributed by atoms with Gasteiger partial charge < -0.3 is 5.11 Å². The van der Waals surface area contributed by atoms with E-state index >= 15 is 0 Å². The number of phenolic OH excluding ortho intramolecular Hbond substituents is 1. The van der Waals surface area contributed by atoms with Crippen molar-refractivity contribution in [3.05, 3.63) is 28.8 Å². The van der Waals surface area contributed by atoms with Crippen LogP contribution >= 0.6 is 25.3 Å². The zero-order valence-corrected chi connectivity index (χ0v) is 23.2. The highest BCUT2D eigenvalue weighted by Crippen LogP contribution is 2.39. The van der Waals surface area contributed by atoms with Gasteiger partial charge in [-0.1, -0.05) is 123 Å². The van der Waals surface area contributed by atoms with Crippen molar-refractivity contribution in [2.45, 2.75) is 147 Å². The maximum absolute atomic E-state index is 10.7. The predicted molar refractivity (Wildman–Crippen MR) is 151 cm³/mol. The largest absolute Gasteiger partial charge is 0.507 e. The molecule has 186 valence electrons. The van der Waals surface area contributed by atoms with Crippen LogP contribution in [0.1, 0.15) is 157 Å². The van der Waals surface area contributed by atoms with Gasteiger partial charge in [0.25, 0.3) is 0 Å². The normalized spacial score (nSPS) is 13.4. The third-order valence-corrected chi connectivity index (χ3v) is 7.85. The van der Waals surface area contributed by atoms with Crippen LogP contribution in [-0.2, 0) is 0 Å². The van der Waals surface area contributed by atoms with Gasteiger partial charge in [-0.2, -0.15) is 25.3 Å². The number of phenols is 1. The first-order valence-electron chi connectivity index (χ1n) is 13.7. The summed E-state index contributed by atoms with van der Waals surface area (Å²) in [6.07, 6.45) is 23.5. The molecule has 0 heterocycles. The molecule has 0 aliphatic rings. The molecule has 2 unspecified atom stereocenters. The van der Waals surface area contributed by atoms with Crippen molar-refractivity contribution in [2.24, 2.45) is 0 Å². The first-order valence-corrected chi connectivity index (χ1v) is 14.7. The van der Waals surface area contributed by atoms with Crippen molar-refractivity contribution in [1.82, 2.24) is 0 Å². The van der Waals surface area contributed by atoms with Gasteiger partial charge in [0.15, 0.2) is 0 Å². The number of hydrogen-bond acceptors (Lipinski definition) is 3. The standard InChI is InChI=1S/C29H52OS2/c1-4-6-8-10-12-14-16-18-20-27(31)25-22-24(3)29(30)26(23-25)28(32)21-19-17-15-13-11-9-7-5-2/h22-23,27-28,30-32H,4-21H2,1-3H3. The smallest absolute Gasteiger partial charge is 0.122 e. The minimum Gasteiger partial charge on any atom is -0.507 e. The van der Waals surface area contributed by atoms with Crippen LogP contribution < -0.4 is 0 Å². The SMILES string of the molecule is CCCCCCCCCCC(S)c1cc(C)c(O)c(C(S)CCCCCCCCCC)c1. The van der Waals surface area contributed by atoms with Crippen molar-refractivity contribution in [3.8, 4) is 5.75 Å². The van der Waals surface area contributed by atoms with Crippen LogP contribution in [0.15, 0.2) is 12.1 Å². The highest BCUT2D eigenvalue weighted by molar-refractivity contribution is 7.80. The van der Waals surface area contributed by atoms with Gasteiger partial charge in [-0.05, 0) is 37.0 Å². The summed E-state index contributed by atoms with van der Waals surface area (Å²) in [5, 5.41) is 11.0. The second kappa shape index (κ2) is 19.1. The molecule has 0 amide bonds. The minimum absolute atomic E-state index is 0.109. The highest BCUT2D eigenvalue weighted by Gasteiger charge is 2.17. The summed E-state index contributed by atoms with van der Waals surface area (Å²) < 4.78 is 0. The van der Waals surface area contributed by atoms with Gasteiger partial charge in [0.05, 0.1) is 0 Å². The minimum atomic E-state index is 0.109. The van der Waals surface area contributed by atoms with Gasteiger partial charge in [0.2, 0.25) is 0 Å². The van der Waals surface area contributed by atoms with Gasteiger partial charge >= 0.3 is 0 Å². The summed E-state index contributed by atoms with van der Waals surface area (Å²) in [6.45, 7) is 6.55. The van der Waals surface area contributed by atoms with Gasteiger partial charge in [0, 0.05) is 16.1 Å². The summed E-state index contributed by atoms with van der Waals surface area (Å²) in [5.41, 5.74) is 3.21. The van der Waals surface area contributed by atoms with Crippen LogP contribution in [0, 0.1) is 6.92 Å². The molecule has 0 aromatic heterocycles. The molecular formula is C29H52OS2. The van der Waals surface area contributed by atoms with Crippen molar-refractivity contribution < 1.29 is 5.11 Å². The van der Waals surface area contributed by atoms with E-state index in [9.17, 15) is 5.11 Å². The molecule has 32 heavy (non-hydrogen) atoms. The quantitative estimate of drug-likeness (QED) is 0.125.